The maximum atomic E-state index is 13.7. The molecule has 0 radical (unpaired) electrons. The molecule has 2 aromatic heterocycles. The maximum absolute atomic E-state index is 13.7. The number of aliphatic hydroxyl groups is 1. The summed E-state index contributed by atoms with van der Waals surface area (Å²) in [5.41, 5.74) is 0.888. The summed E-state index contributed by atoms with van der Waals surface area (Å²) in [6.45, 7) is 1.83. The van der Waals surface area contributed by atoms with Crippen LogP contribution in [0.2, 0.25) is 0 Å². The fourth-order valence-electron chi connectivity index (χ4n) is 2.31. The molecule has 3 rings (SSSR count). The first-order valence-electron chi connectivity index (χ1n) is 7.17. The van der Waals surface area contributed by atoms with Crippen molar-refractivity contribution in [2.75, 3.05) is 5.75 Å². The molecule has 24 heavy (non-hydrogen) atoms. The van der Waals surface area contributed by atoms with Gasteiger partial charge in [-0.05, 0) is 19.1 Å². The second-order valence-electron chi connectivity index (χ2n) is 5.25. The van der Waals surface area contributed by atoms with Crippen LogP contribution in [-0.4, -0.2) is 25.6 Å². The Morgan fingerprint density at radius 3 is 2.75 bits per heavy atom. The fourth-order valence-corrected chi connectivity index (χ4v) is 3.17. The van der Waals surface area contributed by atoms with Gasteiger partial charge >= 0.3 is 0 Å². The van der Waals surface area contributed by atoms with Crippen molar-refractivity contribution in [3.8, 4) is 11.4 Å². The van der Waals surface area contributed by atoms with Gasteiger partial charge in [0, 0.05) is 24.4 Å². The fraction of sp³-hybridized carbons (Fsp3) is 0.250. The molecular weight excluding hydrogens is 336 g/mol. The smallest absolute Gasteiger partial charge is 0.191 e. The highest BCUT2D eigenvalue weighted by Gasteiger charge is 2.18. The lowest BCUT2D eigenvalue weighted by Gasteiger charge is -2.11. The Morgan fingerprint density at radius 2 is 2.08 bits per heavy atom. The summed E-state index contributed by atoms with van der Waals surface area (Å²) in [7, 11) is 1.80. The third-order valence-electron chi connectivity index (χ3n) is 3.63. The SMILES string of the molecule is Cc1occc1-c1nnc(SCC(O)c2ccc(F)cc2F)n1C. The molecule has 0 aliphatic rings. The van der Waals surface area contributed by atoms with Crippen molar-refractivity contribution in [3.05, 3.63) is 53.5 Å². The Balaban J connectivity index is 1.73. The van der Waals surface area contributed by atoms with E-state index in [1.54, 1.807) is 23.9 Å². The van der Waals surface area contributed by atoms with Gasteiger partial charge < -0.3 is 14.1 Å². The van der Waals surface area contributed by atoms with Crippen molar-refractivity contribution < 1.29 is 18.3 Å². The number of aliphatic hydroxyl groups excluding tert-OH is 1. The number of hydrogen-bond acceptors (Lipinski definition) is 5. The molecule has 0 bridgehead atoms. The minimum absolute atomic E-state index is 0.0528. The Hall–Kier alpha value is -2.19. The standard InChI is InChI=1S/C16H15F2N3O2S/c1-9-11(5-6-23-9)15-19-20-16(21(15)2)24-8-14(22)12-4-3-10(17)7-13(12)18/h3-7,14,22H,8H2,1-2H3. The molecule has 126 valence electrons. The lowest BCUT2D eigenvalue weighted by Crippen LogP contribution is -2.05. The number of aryl methyl sites for hydroxylation is 1. The zero-order valence-corrected chi connectivity index (χ0v) is 13.8. The third-order valence-corrected chi connectivity index (χ3v) is 4.72. The molecule has 1 atom stereocenters. The topological polar surface area (TPSA) is 64.1 Å². The van der Waals surface area contributed by atoms with Gasteiger partial charge in [-0.2, -0.15) is 0 Å². The Bertz CT molecular complexity index is 863. The molecule has 2 heterocycles. The van der Waals surface area contributed by atoms with Crippen LogP contribution >= 0.6 is 11.8 Å². The molecule has 0 fully saturated rings. The van der Waals surface area contributed by atoms with Crippen molar-refractivity contribution in [1.29, 1.82) is 0 Å². The van der Waals surface area contributed by atoms with E-state index in [4.69, 9.17) is 4.42 Å². The van der Waals surface area contributed by atoms with E-state index >= 15 is 0 Å². The second-order valence-corrected chi connectivity index (χ2v) is 6.24. The summed E-state index contributed by atoms with van der Waals surface area (Å²) >= 11 is 1.24. The van der Waals surface area contributed by atoms with Gasteiger partial charge in [0.2, 0.25) is 0 Å². The average Bonchev–Trinajstić information content (AvgIpc) is 3.10. The summed E-state index contributed by atoms with van der Waals surface area (Å²) in [5, 5.41) is 18.9. The number of hydrogen-bond donors (Lipinski definition) is 1. The molecule has 5 nitrogen and oxygen atoms in total. The van der Waals surface area contributed by atoms with E-state index in [2.05, 4.69) is 10.2 Å². The second kappa shape index (κ2) is 6.74. The monoisotopic (exact) mass is 351 g/mol. The van der Waals surface area contributed by atoms with Crippen molar-refractivity contribution in [2.45, 2.75) is 18.2 Å². The highest BCUT2D eigenvalue weighted by atomic mass is 32.2. The van der Waals surface area contributed by atoms with Gasteiger partial charge in [0.1, 0.15) is 17.4 Å². The molecular formula is C16H15F2N3O2S. The van der Waals surface area contributed by atoms with Crippen LogP contribution in [0.4, 0.5) is 8.78 Å². The Morgan fingerprint density at radius 1 is 1.29 bits per heavy atom. The number of benzene rings is 1. The minimum atomic E-state index is -1.08. The van der Waals surface area contributed by atoms with Crippen LogP contribution in [0.25, 0.3) is 11.4 Å². The van der Waals surface area contributed by atoms with Crippen LogP contribution in [0.1, 0.15) is 17.4 Å². The zero-order chi connectivity index (χ0) is 17.3. The molecule has 0 aliphatic heterocycles. The third kappa shape index (κ3) is 3.20. The maximum Gasteiger partial charge on any atom is 0.191 e. The van der Waals surface area contributed by atoms with Crippen molar-refractivity contribution in [2.24, 2.45) is 7.05 Å². The van der Waals surface area contributed by atoms with Crippen molar-refractivity contribution in [3.63, 3.8) is 0 Å². The van der Waals surface area contributed by atoms with Crippen LogP contribution in [0.3, 0.4) is 0 Å². The predicted molar refractivity (Wildman–Crippen MR) is 85.5 cm³/mol. The van der Waals surface area contributed by atoms with E-state index in [0.717, 1.165) is 23.5 Å². The zero-order valence-electron chi connectivity index (χ0n) is 13.0. The number of halogens is 2. The van der Waals surface area contributed by atoms with E-state index < -0.39 is 17.7 Å². The number of rotatable bonds is 5. The van der Waals surface area contributed by atoms with E-state index in [9.17, 15) is 13.9 Å². The number of thioether (sulfide) groups is 1. The molecule has 0 spiro atoms. The number of furan rings is 1. The van der Waals surface area contributed by atoms with Gasteiger partial charge in [-0.15, -0.1) is 10.2 Å². The molecule has 8 heteroatoms. The van der Waals surface area contributed by atoms with E-state index in [0.29, 0.717) is 11.0 Å². The lowest BCUT2D eigenvalue weighted by atomic mass is 10.1. The van der Waals surface area contributed by atoms with E-state index in [1.807, 2.05) is 6.92 Å². The molecule has 0 aliphatic carbocycles. The highest BCUT2D eigenvalue weighted by molar-refractivity contribution is 7.99. The summed E-state index contributed by atoms with van der Waals surface area (Å²) in [5.74, 6) is 0.0980. The summed E-state index contributed by atoms with van der Waals surface area (Å²) in [6, 6.07) is 4.92. The largest absolute Gasteiger partial charge is 0.469 e. The van der Waals surface area contributed by atoms with Gasteiger partial charge in [0.05, 0.1) is 17.9 Å². The average molecular weight is 351 g/mol. The minimum Gasteiger partial charge on any atom is -0.469 e. The van der Waals surface area contributed by atoms with Crippen LogP contribution in [-0.2, 0) is 7.05 Å². The van der Waals surface area contributed by atoms with Gasteiger partial charge in [0.15, 0.2) is 11.0 Å². The molecule has 1 unspecified atom stereocenters. The summed E-state index contributed by atoms with van der Waals surface area (Å²) in [6.07, 6.45) is 0.499. The Labute approximate surface area is 141 Å². The molecule has 1 aromatic carbocycles. The molecule has 0 amide bonds. The van der Waals surface area contributed by atoms with Crippen LogP contribution < -0.4 is 0 Å². The Kier molecular flexibility index (Phi) is 4.68. The first-order chi connectivity index (χ1) is 11.5. The van der Waals surface area contributed by atoms with Crippen molar-refractivity contribution >= 4 is 11.8 Å². The lowest BCUT2D eigenvalue weighted by molar-refractivity contribution is 0.198. The van der Waals surface area contributed by atoms with Gasteiger partial charge in [-0.25, -0.2) is 8.78 Å². The van der Waals surface area contributed by atoms with Crippen LogP contribution in [0.5, 0.6) is 0 Å². The number of aromatic nitrogens is 3. The first kappa shape index (κ1) is 16.7. The van der Waals surface area contributed by atoms with Gasteiger partial charge in [0.25, 0.3) is 0 Å². The summed E-state index contributed by atoms with van der Waals surface area (Å²) in [4.78, 5) is 0. The van der Waals surface area contributed by atoms with Gasteiger partial charge in [-0.3, -0.25) is 0 Å². The van der Waals surface area contributed by atoms with Crippen LogP contribution in [0, 0.1) is 18.6 Å². The predicted octanol–water partition coefficient (Wildman–Crippen LogP) is 3.49. The highest BCUT2D eigenvalue weighted by Crippen LogP contribution is 2.29. The van der Waals surface area contributed by atoms with E-state index in [1.165, 1.54) is 17.8 Å². The first-order valence-corrected chi connectivity index (χ1v) is 8.15. The summed E-state index contributed by atoms with van der Waals surface area (Å²) < 4.78 is 33.7. The number of nitrogens with zero attached hydrogens (tertiary/aromatic N) is 3. The molecule has 0 saturated carbocycles. The molecule has 3 aromatic rings. The van der Waals surface area contributed by atoms with E-state index in [-0.39, 0.29) is 11.3 Å². The van der Waals surface area contributed by atoms with Crippen LogP contribution in [0.15, 0.2) is 40.1 Å². The molecule has 1 N–H and O–H groups in total. The van der Waals surface area contributed by atoms with Gasteiger partial charge in [-0.1, -0.05) is 17.8 Å². The quantitative estimate of drug-likeness (QED) is 0.713. The molecule has 0 saturated heterocycles. The van der Waals surface area contributed by atoms with Crippen molar-refractivity contribution in [1.82, 2.24) is 14.8 Å². The normalized spacial score (nSPS) is 12.5.